The second kappa shape index (κ2) is 27.7. The fourth-order valence-electron chi connectivity index (χ4n) is 8.72. The van der Waals surface area contributed by atoms with Gasteiger partial charge in [-0.2, -0.15) is 0 Å². The Morgan fingerprint density at radius 3 is 2.01 bits per heavy atom. The minimum Gasteiger partial charge on any atom is -0.370 e. The van der Waals surface area contributed by atoms with Crippen LogP contribution in [-0.4, -0.2) is 155 Å². The minimum atomic E-state index is -1.78. The third-order valence-corrected chi connectivity index (χ3v) is 15.0. The molecule has 2 heterocycles. The molecule has 19 N–H and O–H groups in total. The molecule has 2 saturated heterocycles. The first-order valence-electron chi connectivity index (χ1n) is 24.1. The zero-order chi connectivity index (χ0) is 54.8. The van der Waals surface area contributed by atoms with Gasteiger partial charge in [0.1, 0.15) is 41.8 Å². The number of benzene rings is 2. The third-order valence-electron chi connectivity index (χ3n) is 12.5. The molecule has 1 spiro atoms. The topological polar surface area (TPSA) is 444 Å². The van der Waals surface area contributed by atoms with Gasteiger partial charge in [-0.25, -0.2) is 0 Å². The number of hydrogen-bond donors (Lipinski definition) is 13. The number of likely N-dealkylation sites (tertiary alicyclic amines) is 1. The van der Waals surface area contributed by atoms with Gasteiger partial charge in [0.2, 0.25) is 65.0 Å². The summed E-state index contributed by atoms with van der Waals surface area (Å²) >= 11 is 0. The number of amides is 11. The SMILES string of the molecule is NC(=O)CC[C@@H]1NC(=O)[C@H](Cc2ccccc2)NC(=O)C2(Cc3ccccc3C2)NC(=O)[C@@H](N)CSSC[C@@H](C(=O)N2CCC[C@H]2C(=O)N[C@@H](CCCN=C(N)N)C(=O)NCC(N)=O)NC(=O)[C@H](CC(N)=O)NC1=O. The fraction of sp³-hybridized carbons (Fsp3) is 0.489. The van der Waals surface area contributed by atoms with Crippen LogP contribution in [0.2, 0.25) is 0 Å². The predicted molar refractivity (Wildman–Crippen MR) is 277 cm³/mol. The third kappa shape index (κ3) is 17.3. The molecule has 0 radical (unpaired) electrons. The van der Waals surface area contributed by atoms with Gasteiger partial charge in [-0.3, -0.25) is 57.7 Å². The van der Waals surface area contributed by atoms with Crippen LogP contribution in [0.15, 0.2) is 59.6 Å². The molecule has 3 aliphatic rings. The number of nitrogens with zero attached hydrogens (tertiary/aromatic N) is 2. The van der Waals surface area contributed by atoms with Crippen LogP contribution >= 0.6 is 21.6 Å². The Balaban J connectivity index is 1.48. The zero-order valence-corrected chi connectivity index (χ0v) is 42.6. The van der Waals surface area contributed by atoms with Crippen LogP contribution in [0.25, 0.3) is 0 Å². The molecular weight excluding hydrogens is 1010 g/mol. The van der Waals surface area contributed by atoms with Crippen molar-refractivity contribution in [2.24, 2.45) is 39.4 Å². The standard InChI is InChI=1S/C47H65N15O11S2/c48-28-23-74-75-24-33(44(72)62-17-7-13-34(62)43(71)57-29(12-6-16-54-46(52)53)39(67)55-22-37(51)65)59-42(70)32(19-36(50)64)58-40(68)30(14-15-35(49)63)56-41(69)31(18-25-8-2-1-3-9-25)60-45(73)47(61-38(28)66)20-26-10-4-5-11-27(26)21-47/h1-5,8-11,28-34H,6-7,12-24,48H2,(H2,49,63)(H2,50,64)(H2,51,65)(H,55,67)(H,56,69)(H,57,71)(H,58,68)(H,59,70)(H,60,73)(H,61,66)(H4,52,53,54)/t28-,29-,30-,31-,32-,33-,34-/m0/s1. The molecule has 2 aliphatic heterocycles. The molecule has 2 fully saturated rings. The quantitative estimate of drug-likeness (QED) is 0.0305. The van der Waals surface area contributed by atoms with E-state index in [1.807, 2.05) is 12.1 Å². The number of carbonyl (C=O) groups excluding carboxylic acids is 11. The first-order valence-corrected chi connectivity index (χ1v) is 26.6. The highest BCUT2D eigenvalue weighted by molar-refractivity contribution is 8.76. The van der Waals surface area contributed by atoms with Crippen molar-refractivity contribution in [2.75, 3.05) is 31.1 Å². The van der Waals surface area contributed by atoms with Gasteiger partial charge < -0.3 is 76.5 Å². The molecule has 2 aromatic carbocycles. The highest BCUT2D eigenvalue weighted by atomic mass is 33.1. The molecule has 0 bridgehead atoms. The molecule has 0 saturated carbocycles. The average molecular weight is 1080 g/mol. The van der Waals surface area contributed by atoms with Crippen LogP contribution in [0.1, 0.15) is 61.6 Å². The molecule has 2 aromatic rings. The lowest BCUT2D eigenvalue weighted by molar-refractivity contribution is -0.142. The van der Waals surface area contributed by atoms with Crippen LogP contribution in [0.4, 0.5) is 0 Å². The van der Waals surface area contributed by atoms with Gasteiger partial charge in [-0.15, -0.1) is 0 Å². The number of guanidine groups is 1. The second-order valence-corrected chi connectivity index (χ2v) is 20.9. The van der Waals surface area contributed by atoms with E-state index in [0.717, 1.165) is 32.7 Å². The molecule has 26 nitrogen and oxygen atoms in total. The van der Waals surface area contributed by atoms with Gasteiger partial charge in [-0.1, -0.05) is 76.2 Å². The van der Waals surface area contributed by atoms with Gasteiger partial charge in [0, 0.05) is 50.3 Å². The van der Waals surface area contributed by atoms with Crippen LogP contribution < -0.4 is 71.6 Å². The molecule has 5 rings (SSSR count). The Morgan fingerprint density at radius 2 is 1.37 bits per heavy atom. The Hall–Kier alpha value is -7.46. The second-order valence-electron chi connectivity index (χ2n) is 18.3. The molecule has 28 heteroatoms. The van der Waals surface area contributed by atoms with Crippen LogP contribution in [0.5, 0.6) is 0 Å². The van der Waals surface area contributed by atoms with E-state index in [0.29, 0.717) is 12.0 Å². The van der Waals surface area contributed by atoms with Crippen molar-refractivity contribution in [3.63, 3.8) is 0 Å². The number of hydrogen-bond acceptors (Lipinski definition) is 15. The van der Waals surface area contributed by atoms with Crippen LogP contribution in [0.3, 0.4) is 0 Å². The van der Waals surface area contributed by atoms with E-state index in [2.05, 4.69) is 42.2 Å². The summed E-state index contributed by atoms with van der Waals surface area (Å²) in [5.41, 5.74) is 34.0. The predicted octanol–water partition coefficient (Wildman–Crippen LogP) is -5.18. The fourth-order valence-corrected chi connectivity index (χ4v) is 11.0. The van der Waals surface area contributed by atoms with Crippen molar-refractivity contribution < 1.29 is 52.7 Å². The van der Waals surface area contributed by atoms with E-state index >= 15 is 0 Å². The lowest BCUT2D eigenvalue weighted by Crippen LogP contribution is -2.65. The van der Waals surface area contributed by atoms with E-state index in [9.17, 15) is 52.7 Å². The molecule has 0 aromatic heterocycles. The van der Waals surface area contributed by atoms with Gasteiger partial charge in [-0.05, 0) is 48.8 Å². The van der Waals surface area contributed by atoms with Crippen molar-refractivity contribution >= 4 is 92.5 Å². The maximum Gasteiger partial charge on any atom is 0.247 e. The number of nitrogens with two attached hydrogens (primary N) is 6. The summed E-state index contributed by atoms with van der Waals surface area (Å²) in [6.45, 7) is -0.412. The van der Waals surface area contributed by atoms with Crippen LogP contribution in [0, 0.1) is 0 Å². The largest absolute Gasteiger partial charge is 0.370 e. The summed E-state index contributed by atoms with van der Waals surface area (Å²) in [4.78, 5) is 155. The monoisotopic (exact) mass is 1080 g/mol. The van der Waals surface area contributed by atoms with E-state index in [-0.39, 0.29) is 69.1 Å². The zero-order valence-electron chi connectivity index (χ0n) is 41.0. The molecule has 75 heavy (non-hydrogen) atoms. The first kappa shape index (κ1) is 58.4. The normalized spacial score (nSPS) is 22.9. The van der Waals surface area contributed by atoms with E-state index in [1.54, 1.807) is 42.5 Å². The van der Waals surface area contributed by atoms with E-state index in [4.69, 9.17) is 34.4 Å². The average Bonchev–Trinajstić information content (AvgIpc) is 4.01. The lowest BCUT2D eigenvalue weighted by Gasteiger charge is -2.33. The molecule has 1 aliphatic carbocycles. The van der Waals surface area contributed by atoms with Gasteiger partial charge >= 0.3 is 0 Å². The number of fused-ring (bicyclic) bond motifs is 1. The highest BCUT2D eigenvalue weighted by Gasteiger charge is 2.47. The summed E-state index contributed by atoms with van der Waals surface area (Å²) in [7, 11) is 2.07. The minimum absolute atomic E-state index is 0.0105. The summed E-state index contributed by atoms with van der Waals surface area (Å²) in [5.74, 6) is -10.0. The van der Waals surface area contributed by atoms with Crippen molar-refractivity contribution in [1.82, 2.24) is 42.1 Å². The van der Waals surface area contributed by atoms with Gasteiger partial charge in [0.05, 0.1) is 19.0 Å². The Morgan fingerprint density at radius 1 is 0.747 bits per heavy atom. The number of aliphatic imine (C=N–C) groups is 1. The summed E-state index contributed by atoms with van der Waals surface area (Å²) in [6.07, 6.45) is -1.04. The summed E-state index contributed by atoms with van der Waals surface area (Å²) in [5, 5.41) is 18.2. The lowest BCUT2D eigenvalue weighted by atomic mass is 9.92. The maximum absolute atomic E-state index is 14.7. The number of rotatable bonds is 17. The van der Waals surface area contributed by atoms with Gasteiger partial charge in [0.25, 0.3) is 0 Å². The van der Waals surface area contributed by atoms with Crippen molar-refractivity contribution in [2.45, 2.75) is 112 Å². The highest BCUT2D eigenvalue weighted by Crippen LogP contribution is 2.32. The van der Waals surface area contributed by atoms with Crippen LogP contribution in [-0.2, 0) is 72.0 Å². The van der Waals surface area contributed by atoms with Gasteiger partial charge in [0.15, 0.2) is 5.96 Å². The number of nitrogens with one attached hydrogen (secondary N) is 7. The smallest absolute Gasteiger partial charge is 0.247 e. The van der Waals surface area contributed by atoms with Crippen molar-refractivity contribution in [3.8, 4) is 0 Å². The molecular formula is C47H65N15O11S2. The first-order chi connectivity index (χ1) is 35.7. The summed E-state index contributed by atoms with van der Waals surface area (Å²) in [6, 6.07) is 5.87. The summed E-state index contributed by atoms with van der Waals surface area (Å²) < 4.78 is 0. The number of primary amides is 3. The number of carbonyl (C=O) groups is 11. The van der Waals surface area contributed by atoms with E-state index in [1.165, 1.54) is 4.90 Å². The molecule has 406 valence electrons. The molecule has 11 amide bonds. The van der Waals surface area contributed by atoms with E-state index < -0.39 is 139 Å². The molecule has 0 unspecified atom stereocenters. The Labute approximate surface area is 439 Å². The molecule has 7 atom stereocenters. The van der Waals surface area contributed by atoms with Crippen molar-refractivity contribution in [1.29, 1.82) is 0 Å². The van der Waals surface area contributed by atoms with Crippen molar-refractivity contribution in [3.05, 3.63) is 71.3 Å². The maximum atomic E-state index is 14.7. The Bertz CT molecular complexity index is 2470. The Kier molecular flexibility index (Phi) is 21.6.